The van der Waals surface area contributed by atoms with E-state index in [9.17, 15) is 9.90 Å². The van der Waals surface area contributed by atoms with Gasteiger partial charge in [0, 0.05) is 0 Å². The highest BCUT2D eigenvalue weighted by molar-refractivity contribution is 6.26. The molecule has 8 heteroatoms. The SMILES string of the molecule is O=C(CCl)O[C@H]1C(O)O[C@H](COCc2ccccc2)[C@@H](OCc2ccccc2)[C@@H]1OCc1ccccc1. The lowest BCUT2D eigenvalue weighted by atomic mass is 9.98. The number of alkyl halides is 1. The van der Waals surface area contributed by atoms with Gasteiger partial charge < -0.3 is 28.8 Å². The standard InChI is InChI=1S/C29H31ClO7/c30-16-25(31)37-28-27(35-19-23-14-8-3-9-15-23)26(34-18-22-12-6-2-7-13-22)24(36-29(28)32)20-33-17-21-10-4-1-5-11-21/h1-15,24,26-29,32H,16-20H2/t24-,26-,27+,28-,29?/m1/s1. The van der Waals surface area contributed by atoms with Gasteiger partial charge in [0.1, 0.15) is 24.2 Å². The number of halogens is 1. The van der Waals surface area contributed by atoms with Crippen molar-refractivity contribution in [1.29, 1.82) is 0 Å². The molecule has 3 aromatic carbocycles. The number of hydrogen-bond acceptors (Lipinski definition) is 7. The highest BCUT2D eigenvalue weighted by Gasteiger charge is 2.49. The number of aliphatic hydroxyl groups excluding tert-OH is 1. The maximum absolute atomic E-state index is 12.1. The van der Waals surface area contributed by atoms with Gasteiger partial charge in [0.15, 0.2) is 12.4 Å². The van der Waals surface area contributed by atoms with E-state index in [2.05, 4.69) is 0 Å². The van der Waals surface area contributed by atoms with E-state index in [4.69, 9.17) is 35.3 Å². The molecule has 4 rings (SSSR count). The van der Waals surface area contributed by atoms with Crippen LogP contribution in [0.1, 0.15) is 16.7 Å². The highest BCUT2D eigenvalue weighted by Crippen LogP contribution is 2.29. The number of rotatable bonds is 12. The van der Waals surface area contributed by atoms with E-state index in [0.717, 1.165) is 16.7 Å². The highest BCUT2D eigenvalue weighted by atomic mass is 35.5. The van der Waals surface area contributed by atoms with Crippen LogP contribution in [0.15, 0.2) is 91.0 Å². The van der Waals surface area contributed by atoms with Crippen molar-refractivity contribution < 1.29 is 33.6 Å². The van der Waals surface area contributed by atoms with Crippen LogP contribution in [0.5, 0.6) is 0 Å². The maximum atomic E-state index is 12.1. The van der Waals surface area contributed by atoms with Gasteiger partial charge in [-0.15, -0.1) is 11.6 Å². The Labute approximate surface area is 221 Å². The smallest absolute Gasteiger partial charge is 0.321 e. The van der Waals surface area contributed by atoms with Gasteiger partial charge in [0.05, 0.1) is 26.4 Å². The summed E-state index contributed by atoms with van der Waals surface area (Å²) in [5, 5.41) is 10.8. The molecule has 1 aliphatic heterocycles. The molecule has 3 aromatic rings. The van der Waals surface area contributed by atoms with Crippen LogP contribution in [0.4, 0.5) is 0 Å². The van der Waals surface area contributed by atoms with Gasteiger partial charge in [-0.3, -0.25) is 4.79 Å². The number of hydrogen-bond donors (Lipinski definition) is 1. The van der Waals surface area contributed by atoms with Crippen molar-refractivity contribution in [1.82, 2.24) is 0 Å². The first-order valence-corrected chi connectivity index (χ1v) is 12.7. The Morgan fingerprint density at radius 2 is 1.22 bits per heavy atom. The molecule has 0 spiro atoms. The minimum Gasteiger partial charge on any atom is -0.453 e. The van der Waals surface area contributed by atoms with Crippen molar-refractivity contribution in [3.05, 3.63) is 108 Å². The second-order valence-corrected chi connectivity index (χ2v) is 8.94. The molecule has 1 heterocycles. The molecule has 1 unspecified atom stereocenters. The first-order chi connectivity index (χ1) is 18.1. The third-order valence-corrected chi connectivity index (χ3v) is 6.17. The van der Waals surface area contributed by atoms with Crippen molar-refractivity contribution >= 4 is 17.6 Å². The Bertz CT molecular complexity index is 1070. The predicted octanol–water partition coefficient (Wildman–Crippen LogP) is 4.24. The molecular formula is C29H31ClO7. The minimum atomic E-state index is -1.45. The fourth-order valence-corrected chi connectivity index (χ4v) is 4.19. The molecule has 1 aliphatic rings. The van der Waals surface area contributed by atoms with Crippen LogP contribution in [0, 0.1) is 0 Å². The minimum absolute atomic E-state index is 0.132. The van der Waals surface area contributed by atoms with Crippen LogP contribution in [-0.2, 0) is 48.3 Å². The molecule has 196 valence electrons. The summed E-state index contributed by atoms with van der Waals surface area (Å²) in [6, 6.07) is 29.0. The average Bonchev–Trinajstić information content (AvgIpc) is 2.94. The van der Waals surface area contributed by atoms with Crippen LogP contribution < -0.4 is 0 Å². The van der Waals surface area contributed by atoms with Crippen LogP contribution in [0.2, 0.25) is 0 Å². The number of carbonyl (C=O) groups is 1. The topological polar surface area (TPSA) is 83.5 Å². The van der Waals surface area contributed by atoms with Gasteiger partial charge in [0.2, 0.25) is 0 Å². The fraction of sp³-hybridized carbons (Fsp3) is 0.345. The van der Waals surface area contributed by atoms with Crippen LogP contribution >= 0.6 is 11.6 Å². The predicted molar refractivity (Wildman–Crippen MR) is 138 cm³/mol. The molecule has 0 aromatic heterocycles. The molecule has 0 radical (unpaired) electrons. The third-order valence-electron chi connectivity index (χ3n) is 5.95. The number of esters is 1. The quantitative estimate of drug-likeness (QED) is 0.279. The van der Waals surface area contributed by atoms with E-state index >= 15 is 0 Å². The lowest BCUT2D eigenvalue weighted by Gasteiger charge is -2.44. The Balaban J connectivity index is 1.54. The Kier molecular flexibility index (Phi) is 10.5. The van der Waals surface area contributed by atoms with E-state index in [1.807, 2.05) is 91.0 Å². The van der Waals surface area contributed by atoms with E-state index in [0.29, 0.717) is 6.61 Å². The Morgan fingerprint density at radius 3 is 1.73 bits per heavy atom. The lowest BCUT2D eigenvalue weighted by molar-refractivity contribution is -0.309. The van der Waals surface area contributed by atoms with Crippen LogP contribution in [-0.4, -0.2) is 54.3 Å². The first-order valence-electron chi connectivity index (χ1n) is 12.2. The van der Waals surface area contributed by atoms with Gasteiger partial charge in [-0.05, 0) is 16.7 Å². The van der Waals surface area contributed by atoms with Crippen molar-refractivity contribution in [3.8, 4) is 0 Å². The number of carbonyl (C=O) groups excluding carboxylic acids is 1. The monoisotopic (exact) mass is 526 g/mol. The zero-order valence-corrected chi connectivity index (χ0v) is 21.1. The molecule has 37 heavy (non-hydrogen) atoms. The first kappa shape index (κ1) is 27.3. The van der Waals surface area contributed by atoms with E-state index in [1.165, 1.54) is 0 Å². The molecule has 1 saturated heterocycles. The summed E-state index contributed by atoms with van der Waals surface area (Å²) < 4.78 is 29.8. The molecule has 0 amide bonds. The number of aliphatic hydroxyl groups is 1. The molecule has 0 saturated carbocycles. The summed E-state index contributed by atoms with van der Waals surface area (Å²) in [4.78, 5) is 12.1. The average molecular weight is 527 g/mol. The fourth-order valence-electron chi connectivity index (χ4n) is 4.13. The molecular weight excluding hydrogens is 496 g/mol. The Hall–Kier alpha value is -2.78. The zero-order chi connectivity index (χ0) is 25.9. The van der Waals surface area contributed by atoms with E-state index < -0.39 is 36.7 Å². The van der Waals surface area contributed by atoms with Crippen LogP contribution in [0.25, 0.3) is 0 Å². The summed E-state index contributed by atoms with van der Waals surface area (Å²) in [5.41, 5.74) is 2.88. The normalized spacial score (nSPS) is 23.5. The molecule has 1 N–H and O–H groups in total. The van der Waals surface area contributed by atoms with E-state index in [1.54, 1.807) is 0 Å². The van der Waals surface area contributed by atoms with Crippen molar-refractivity contribution in [2.75, 3.05) is 12.5 Å². The van der Waals surface area contributed by atoms with Crippen LogP contribution in [0.3, 0.4) is 0 Å². The maximum Gasteiger partial charge on any atom is 0.321 e. The number of benzene rings is 3. The van der Waals surface area contributed by atoms with Gasteiger partial charge in [-0.1, -0.05) is 91.0 Å². The summed E-state index contributed by atoms with van der Waals surface area (Å²) in [5.74, 6) is -1.06. The molecule has 0 aliphatic carbocycles. The molecule has 1 fully saturated rings. The molecule has 7 nitrogen and oxygen atoms in total. The third kappa shape index (κ3) is 8.10. The Morgan fingerprint density at radius 1 is 0.730 bits per heavy atom. The largest absolute Gasteiger partial charge is 0.453 e. The second-order valence-electron chi connectivity index (χ2n) is 8.68. The summed E-state index contributed by atoms with van der Waals surface area (Å²) >= 11 is 5.68. The van der Waals surface area contributed by atoms with Gasteiger partial charge in [-0.25, -0.2) is 0 Å². The summed E-state index contributed by atoms with van der Waals surface area (Å²) in [6.07, 6.45) is -4.83. The van der Waals surface area contributed by atoms with Gasteiger partial charge in [0.25, 0.3) is 0 Å². The molecule has 5 atom stereocenters. The number of ether oxygens (including phenoxy) is 5. The van der Waals surface area contributed by atoms with Gasteiger partial charge >= 0.3 is 5.97 Å². The summed E-state index contributed by atoms with van der Waals surface area (Å²) in [7, 11) is 0. The van der Waals surface area contributed by atoms with Gasteiger partial charge in [-0.2, -0.15) is 0 Å². The van der Waals surface area contributed by atoms with Crippen molar-refractivity contribution in [2.45, 2.75) is 50.5 Å². The van der Waals surface area contributed by atoms with Crippen molar-refractivity contribution in [3.63, 3.8) is 0 Å². The van der Waals surface area contributed by atoms with E-state index in [-0.39, 0.29) is 25.7 Å². The molecule has 0 bridgehead atoms. The zero-order valence-electron chi connectivity index (χ0n) is 20.4. The van der Waals surface area contributed by atoms with Crippen molar-refractivity contribution in [2.24, 2.45) is 0 Å². The second kappa shape index (κ2) is 14.2. The lowest BCUT2D eigenvalue weighted by Crippen LogP contribution is -2.61. The summed E-state index contributed by atoms with van der Waals surface area (Å²) in [6.45, 7) is 0.979.